The number of aromatic nitrogens is 2. The lowest BCUT2D eigenvalue weighted by molar-refractivity contribution is -0.131. The molecular weight excluding hydrogens is 414 g/mol. The fraction of sp³-hybridized carbons (Fsp3) is 0.520. The van der Waals surface area contributed by atoms with Gasteiger partial charge in [0.25, 0.3) is 0 Å². The molecule has 0 spiro atoms. The van der Waals surface area contributed by atoms with Crippen molar-refractivity contribution in [1.82, 2.24) is 25.1 Å². The smallest absolute Gasteiger partial charge is 0.244 e. The van der Waals surface area contributed by atoms with Crippen LogP contribution in [0.4, 0.5) is 5.95 Å². The van der Waals surface area contributed by atoms with Gasteiger partial charge in [0.15, 0.2) is 5.96 Å². The Kier molecular flexibility index (Phi) is 8.11. The number of benzene rings is 1. The third kappa shape index (κ3) is 6.43. The largest absolute Gasteiger partial charge is 0.357 e. The molecular formula is C25H35N7O. The number of hydrogen-bond donors (Lipinski definition) is 1. The molecule has 0 aliphatic carbocycles. The lowest BCUT2D eigenvalue weighted by Crippen LogP contribution is -2.53. The zero-order valence-electron chi connectivity index (χ0n) is 19.6. The molecule has 1 aromatic carbocycles. The Balaban J connectivity index is 1.25. The molecule has 0 bridgehead atoms. The molecule has 2 saturated heterocycles. The molecule has 176 valence electrons. The number of aliphatic imine (C=N–C) groups is 1. The van der Waals surface area contributed by atoms with Gasteiger partial charge in [-0.25, -0.2) is 15.0 Å². The van der Waals surface area contributed by atoms with Gasteiger partial charge in [-0.1, -0.05) is 30.3 Å². The first-order chi connectivity index (χ1) is 16.2. The number of carbonyl (C=O) groups excluding carboxylic acids is 1. The fourth-order valence-electron chi connectivity index (χ4n) is 4.58. The highest BCUT2D eigenvalue weighted by atomic mass is 16.2. The molecule has 4 rings (SSSR count). The standard InChI is InChI=1S/C25H35N7O/c1-2-26-24(31-15-17-32(18-16-31)25-27-11-6-12-28-25)29-20-23(33)30-13-9-22(10-14-30)19-21-7-4-3-5-8-21/h3-8,11-12,22H,2,9-10,13-20H2,1H3,(H,26,29). The molecule has 3 heterocycles. The van der Waals surface area contributed by atoms with E-state index in [0.717, 1.165) is 77.0 Å². The minimum atomic E-state index is 0.125. The summed E-state index contributed by atoms with van der Waals surface area (Å²) >= 11 is 0. The molecule has 2 aliphatic rings. The Morgan fingerprint density at radius 2 is 1.67 bits per heavy atom. The van der Waals surface area contributed by atoms with Gasteiger partial charge in [-0.05, 0) is 43.7 Å². The highest BCUT2D eigenvalue weighted by Gasteiger charge is 2.24. The number of amides is 1. The van der Waals surface area contributed by atoms with Gasteiger partial charge in [-0.3, -0.25) is 4.79 Å². The molecule has 0 radical (unpaired) electrons. The molecule has 1 N–H and O–H groups in total. The summed E-state index contributed by atoms with van der Waals surface area (Å²) in [5.41, 5.74) is 1.39. The van der Waals surface area contributed by atoms with Crippen LogP contribution in [0.2, 0.25) is 0 Å². The van der Waals surface area contributed by atoms with Crippen LogP contribution in [0.25, 0.3) is 0 Å². The molecule has 0 atom stereocenters. The molecule has 1 amide bonds. The van der Waals surface area contributed by atoms with Crippen LogP contribution in [0.5, 0.6) is 0 Å². The molecule has 33 heavy (non-hydrogen) atoms. The van der Waals surface area contributed by atoms with Crippen molar-refractivity contribution in [2.75, 3.05) is 57.3 Å². The average Bonchev–Trinajstić information content (AvgIpc) is 2.88. The number of hydrogen-bond acceptors (Lipinski definition) is 5. The third-order valence-corrected chi connectivity index (χ3v) is 6.45. The third-order valence-electron chi connectivity index (χ3n) is 6.45. The van der Waals surface area contributed by atoms with Gasteiger partial charge >= 0.3 is 0 Å². The van der Waals surface area contributed by atoms with E-state index in [2.05, 4.69) is 67.3 Å². The van der Waals surface area contributed by atoms with Crippen LogP contribution < -0.4 is 10.2 Å². The van der Waals surface area contributed by atoms with Gasteiger partial charge in [0.1, 0.15) is 6.54 Å². The predicted molar refractivity (Wildman–Crippen MR) is 131 cm³/mol. The van der Waals surface area contributed by atoms with Gasteiger partial charge < -0.3 is 20.0 Å². The van der Waals surface area contributed by atoms with Gasteiger partial charge in [0.05, 0.1) is 0 Å². The Morgan fingerprint density at radius 1 is 0.970 bits per heavy atom. The maximum Gasteiger partial charge on any atom is 0.244 e. The lowest BCUT2D eigenvalue weighted by Gasteiger charge is -2.36. The molecule has 1 aromatic heterocycles. The van der Waals surface area contributed by atoms with E-state index >= 15 is 0 Å². The molecule has 2 fully saturated rings. The van der Waals surface area contributed by atoms with Crippen molar-refractivity contribution in [1.29, 1.82) is 0 Å². The van der Waals surface area contributed by atoms with Gasteiger partial charge in [0.2, 0.25) is 11.9 Å². The van der Waals surface area contributed by atoms with Gasteiger partial charge in [0, 0.05) is 58.2 Å². The number of nitrogens with one attached hydrogen (secondary N) is 1. The highest BCUT2D eigenvalue weighted by molar-refractivity contribution is 5.85. The number of guanidine groups is 1. The number of anilines is 1. The van der Waals surface area contributed by atoms with Crippen molar-refractivity contribution in [3.8, 4) is 0 Å². The predicted octanol–water partition coefficient (Wildman–Crippen LogP) is 2.05. The topological polar surface area (TPSA) is 77.0 Å². The first-order valence-corrected chi connectivity index (χ1v) is 12.1. The van der Waals surface area contributed by atoms with Crippen molar-refractivity contribution >= 4 is 17.8 Å². The second kappa shape index (κ2) is 11.6. The Morgan fingerprint density at radius 3 is 2.33 bits per heavy atom. The second-order valence-corrected chi connectivity index (χ2v) is 8.71. The zero-order chi connectivity index (χ0) is 22.9. The van der Waals surface area contributed by atoms with Crippen molar-refractivity contribution in [2.24, 2.45) is 10.9 Å². The van der Waals surface area contributed by atoms with E-state index in [0.29, 0.717) is 5.92 Å². The van der Waals surface area contributed by atoms with E-state index in [9.17, 15) is 4.79 Å². The minimum Gasteiger partial charge on any atom is -0.357 e. The van der Waals surface area contributed by atoms with E-state index in [4.69, 9.17) is 0 Å². The zero-order valence-corrected chi connectivity index (χ0v) is 19.6. The Labute approximate surface area is 196 Å². The highest BCUT2D eigenvalue weighted by Crippen LogP contribution is 2.21. The van der Waals surface area contributed by atoms with Crippen LogP contribution >= 0.6 is 0 Å². The van der Waals surface area contributed by atoms with Crippen LogP contribution in [0.15, 0.2) is 53.8 Å². The van der Waals surface area contributed by atoms with Gasteiger partial charge in [-0.2, -0.15) is 0 Å². The SMILES string of the molecule is CCNC(=NCC(=O)N1CCC(Cc2ccccc2)CC1)N1CCN(c2ncccn2)CC1. The summed E-state index contributed by atoms with van der Waals surface area (Å²) in [6.45, 7) is 8.01. The number of rotatable bonds is 6. The summed E-state index contributed by atoms with van der Waals surface area (Å²) in [6.07, 6.45) is 6.78. The van der Waals surface area contributed by atoms with Crippen LogP contribution in [0.3, 0.4) is 0 Å². The number of likely N-dealkylation sites (tertiary alicyclic amines) is 1. The number of piperidine rings is 1. The number of nitrogens with zero attached hydrogens (tertiary/aromatic N) is 6. The van der Waals surface area contributed by atoms with E-state index in [1.807, 2.05) is 11.0 Å². The Hall–Kier alpha value is -3.16. The summed E-state index contributed by atoms with van der Waals surface area (Å²) in [4.78, 5) is 32.6. The van der Waals surface area contributed by atoms with Crippen LogP contribution in [-0.2, 0) is 11.2 Å². The van der Waals surface area contributed by atoms with E-state index in [-0.39, 0.29) is 12.5 Å². The number of carbonyl (C=O) groups is 1. The van der Waals surface area contributed by atoms with Crippen molar-refractivity contribution in [3.05, 3.63) is 54.4 Å². The summed E-state index contributed by atoms with van der Waals surface area (Å²) < 4.78 is 0. The van der Waals surface area contributed by atoms with Crippen molar-refractivity contribution < 1.29 is 4.79 Å². The first kappa shape index (κ1) is 23.0. The van der Waals surface area contributed by atoms with E-state index < -0.39 is 0 Å². The van der Waals surface area contributed by atoms with Crippen LogP contribution in [0, 0.1) is 5.92 Å². The first-order valence-electron chi connectivity index (χ1n) is 12.1. The maximum atomic E-state index is 12.8. The summed E-state index contributed by atoms with van der Waals surface area (Å²) in [7, 11) is 0. The quantitative estimate of drug-likeness (QED) is 0.537. The second-order valence-electron chi connectivity index (χ2n) is 8.71. The molecule has 8 heteroatoms. The molecule has 2 aliphatic heterocycles. The summed E-state index contributed by atoms with van der Waals surface area (Å²) in [6, 6.07) is 12.5. The molecule has 8 nitrogen and oxygen atoms in total. The van der Waals surface area contributed by atoms with Crippen LogP contribution in [-0.4, -0.2) is 84.0 Å². The molecule has 0 saturated carbocycles. The van der Waals surface area contributed by atoms with Crippen molar-refractivity contribution in [2.45, 2.75) is 26.2 Å². The summed E-state index contributed by atoms with van der Waals surface area (Å²) in [5, 5.41) is 3.35. The normalized spacial score (nSPS) is 17.8. The minimum absolute atomic E-state index is 0.125. The Bertz CT molecular complexity index is 889. The lowest BCUT2D eigenvalue weighted by atomic mass is 9.90. The summed E-state index contributed by atoms with van der Waals surface area (Å²) in [5.74, 6) is 2.37. The molecule has 0 unspecified atom stereocenters. The maximum absolute atomic E-state index is 12.8. The van der Waals surface area contributed by atoms with E-state index in [1.54, 1.807) is 12.4 Å². The molecule has 2 aromatic rings. The van der Waals surface area contributed by atoms with E-state index in [1.165, 1.54) is 5.56 Å². The monoisotopic (exact) mass is 449 g/mol. The fourth-order valence-corrected chi connectivity index (χ4v) is 4.58. The van der Waals surface area contributed by atoms with Crippen LogP contribution in [0.1, 0.15) is 25.3 Å². The van der Waals surface area contributed by atoms with Crippen molar-refractivity contribution in [3.63, 3.8) is 0 Å². The van der Waals surface area contributed by atoms with Gasteiger partial charge in [-0.15, -0.1) is 0 Å². The number of piperazine rings is 1. The average molecular weight is 450 g/mol.